The number of amides is 1. The Balaban J connectivity index is 1.38. The molecule has 0 aliphatic heterocycles. The number of carbonyl (C=O) groups is 1. The van der Waals surface area contributed by atoms with Crippen LogP contribution in [-0.4, -0.2) is 18.2 Å². The fourth-order valence-electron chi connectivity index (χ4n) is 3.49. The van der Waals surface area contributed by atoms with Crippen molar-refractivity contribution in [3.63, 3.8) is 0 Å². The maximum Gasteiger partial charge on any atom is 0.261 e. The molecule has 1 amide bonds. The van der Waals surface area contributed by atoms with Crippen molar-refractivity contribution in [3.05, 3.63) is 94.5 Å². The van der Waals surface area contributed by atoms with Gasteiger partial charge in [-0.05, 0) is 23.3 Å². The molecule has 0 aromatic heterocycles. The summed E-state index contributed by atoms with van der Waals surface area (Å²) in [5.41, 5.74) is 4.19. The van der Waals surface area contributed by atoms with E-state index in [0.717, 1.165) is 16.8 Å². The average Bonchev–Trinajstić information content (AvgIpc) is 3.02. The predicted molar refractivity (Wildman–Crippen MR) is 107 cm³/mol. The Kier molecular flexibility index (Phi) is 5.07. The first kappa shape index (κ1) is 17.6. The highest BCUT2D eigenvalue weighted by molar-refractivity contribution is 6.30. The average molecular weight is 379 g/mol. The van der Waals surface area contributed by atoms with E-state index in [1.807, 2.05) is 30.3 Å². The van der Waals surface area contributed by atoms with Gasteiger partial charge in [0.1, 0.15) is 0 Å². The first-order valence-electron chi connectivity index (χ1n) is 8.87. The van der Waals surface area contributed by atoms with Crippen molar-refractivity contribution in [2.75, 3.05) is 6.61 Å². The Morgan fingerprint density at radius 3 is 2.59 bits per heavy atom. The first-order chi connectivity index (χ1) is 13.2. The lowest BCUT2D eigenvalue weighted by Gasteiger charge is -2.15. The van der Waals surface area contributed by atoms with Crippen LogP contribution in [0.4, 0.5) is 0 Å². The molecule has 0 saturated heterocycles. The summed E-state index contributed by atoms with van der Waals surface area (Å²) in [5.74, 6) is 0.230. The molecule has 0 saturated carbocycles. The number of hydrogen-bond donors (Lipinski definition) is 1. The molecule has 5 heteroatoms. The van der Waals surface area contributed by atoms with Crippen molar-refractivity contribution < 1.29 is 9.63 Å². The van der Waals surface area contributed by atoms with Gasteiger partial charge in [-0.1, -0.05) is 77.5 Å². The van der Waals surface area contributed by atoms with Gasteiger partial charge in [0.05, 0.1) is 5.71 Å². The van der Waals surface area contributed by atoms with Gasteiger partial charge in [-0.15, -0.1) is 0 Å². The molecule has 4 nitrogen and oxygen atoms in total. The highest BCUT2D eigenvalue weighted by atomic mass is 35.5. The molecule has 2 aliphatic rings. The largest absolute Gasteiger partial charge is 0.385 e. The van der Waals surface area contributed by atoms with Crippen LogP contribution in [0, 0.1) is 5.92 Å². The van der Waals surface area contributed by atoms with Crippen LogP contribution >= 0.6 is 11.6 Å². The Hall–Kier alpha value is -2.85. The van der Waals surface area contributed by atoms with Crippen LogP contribution in [0.1, 0.15) is 22.6 Å². The third kappa shape index (κ3) is 3.81. The Labute approximate surface area is 163 Å². The molecule has 1 N–H and O–H groups in total. The monoisotopic (exact) mass is 378 g/mol. The molecule has 0 fully saturated rings. The SMILES string of the molecule is O=C(CO/N=C1/c2ccccc2C2C=CC=CC12)NCc1ccc(Cl)cc1. The van der Waals surface area contributed by atoms with E-state index in [9.17, 15) is 4.79 Å². The number of carbonyl (C=O) groups excluding carboxylic acids is 1. The van der Waals surface area contributed by atoms with Crippen LogP contribution in [0.5, 0.6) is 0 Å². The molecule has 27 heavy (non-hydrogen) atoms. The number of fused-ring (bicyclic) bond motifs is 3. The van der Waals surface area contributed by atoms with Crippen molar-refractivity contribution in [2.24, 2.45) is 11.1 Å². The van der Waals surface area contributed by atoms with Crippen LogP contribution in [0.3, 0.4) is 0 Å². The van der Waals surface area contributed by atoms with Crippen LogP contribution < -0.4 is 5.32 Å². The number of nitrogens with zero attached hydrogens (tertiary/aromatic N) is 1. The third-order valence-corrected chi connectivity index (χ3v) is 5.06. The van der Waals surface area contributed by atoms with E-state index in [0.29, 0.717) is 11.6 Å². The summed E-state index contributed by atoms with van der Waals surface area (Å²) in [6.45, 7) is 0.313. The standard InChI is InChI=1S/C22H19ClN2O2/c23-16-11-9-15(10-12-16)13-24-21(26)14-27-25-22-19-7-3-1-5-17(19)18-6-2-4-8-20(18)22/h1-12,17,19H,13-14H2,(H,24,26)/b25-22+. The van der Waals surface area contributed by atoms with Crippen LogP contribution in [0.2, 0.25) is 5.02 Å². The van der Waals surface area contributed by atoms with Crippen LogP contribution in [0.25, 0.3) is 0 Å². The molecule has 2 atom stereocenters. The number of rotatable bonds is 5. The number of allylic oxidation sites excluding steroid dienone is 4. The fraction of sp³-hybridized carbons (Fsp3) is 0.182. The topological polar surface area (TPSA) is 50.7 Å². The van der Waals surface area contributed by atoms with Crippen molar-refractivity contribution in [1.29, 1.82) is 0 Å². The molecule has 2 aromatic rings. The Morgan fingerprint density at radius 2 is 1.78 bits per heavy atom. The number of halogens is 1. The summed E-state index contributed by atoms with van der Waals surface area (Å²) >= 11 is 5.86. The van der Waals surface area contributed by atoms with E-state index in [-0.39, 0.29) is 24.3 Å². The fourth-order valence-corrected chi connectivity index (χ4v) is 3.62. The van der Waals surface area contributed by atoms with Crippen molar-refractivity contribution in [3.8, 4) is 0 Å². The summed E-state index contributed by atoms with van der Waals surface area (Å²) in [5, 5.41) is 7.80. The van der Waals surface area contributed by atoms with Gasteiger partial charge in [0.2, 0.25) is 0 Å². The van der Waals surface area contributed by atoms with Gasteiger partial charge in [0.25, 0.3) is 5.91 Å². The summed E-state index contributed by atoms with van der Waals surface area (Å²) in [7, 11) is 0. The van der Waals surface area contributed by atoms with Gasteiger partial charge in [0, 0.05) is 29.0 Å². The van der Waals surface area contributed by atoms with E-state index in [1.54, 1.807) is 12.1 Å². The minimum Gasteiger partial charge on any atom is -0.385 e. The lowest BCUT2D eigenvalue weighted by Crippen LogP contribution is -2.26. The molecule has 0 bridgehead atoms. The maximum absolute atomic E-state index is 12.0. The highest BCUT2D eigenvalue weighted by Gasteiger charge is 2.36. The molecule has 4 rings (SSSR count). The van der Waals surface area contributed by atoms with Gasteiger partial charge in [-0.25, -0.2) is 0 Å². The van der Waals surface area contributed by atoms with E-state index >= 15 is 0 Å². The first-order valence-corrected chi connectivity index (χ1v) is 9.25. The molecule has 2 aromatic carbocycles. The quantitative estimate of drug-likeness (QED) is 0.792. The van der Waals surface area contributed by atoms with E-state index in [4.69, 9.17) is 16.4 Å². The summed E-state index contributed by atoms with van der Waals surface area (Å²) in [6.07, 6.45) is 8.41. The Morgan fingerprint density at radius 1 is 1.04 bits per heavy atom. The molecule has 2 aliphatic carbocycles. The van der Waals surface area contributed by atoms with Gasteiger partial charge >= 0.3 is 0 Å². The molecule has 2 unspecified atom stereocenters. The second kappa shape index (κ2) is 7.80. The number of hydrogen-bond acceptors (Lipinski definition) is 3. The lowest BCUT2D eigenvalue weighted by molar-refractivity contribution is -0.125. The van der Waals surface area contributed by atoms with Crippen molar-refractivity contribution >= 4 is 23.2 Å². The zero-order valence-electron chi connectivity index (χ0n) is 14.6. The smallest absolute Gasteiger partial charge is 0.261 e. The van der Waals surface area contributed by atoms with Crippen LogP contribution in [-0.2, 0) is 16.2 Å². The van der Waals surface area contributed by atoms with Crippen molar-refractivity contribution in [2.45, 2.75) is 12.5 Å². The predicted octanol–water partition coefficient (Wildman–Crippen LogP) is 4.22. The van der Waals surface area contributed by atoms with E-state index < -0.39 is 0 Å². The molecule has 0 spiro atoms. The number of nitrogens with one attached hydrogen (secondary N) is 1. The van der Waals surface area contributed by atoms with Crippen LogP contribution in [0.15, 0.2) is 78.0 Å². The lowest BCUT2D eigenvalue weighted by atomic mass is 9.88. The summed E-state index contributed by atoms with van der Waals surface area (Å²) in [4.78, 5) is 17.4. The van der Waals surface area contributed by atoms with Gasteiger partial charge in [-0.3, -0.25) is 4.79 Å². The second-order valence-electron chi connectivity index (χ2n) is 6.56. The second-order valence-corrected chi connectivity index (χ2v) is 7.00. The molecular formula is C22H19ClN2O2. The maximum atomic E-state index is 12.0. The summed E-state index contributed by atoms with van der Waals surface area (Å²) < 4.78 is 0. The normalized spacial score (nSPS) is 21.0. The minimum atomic E-state index is -0.212. The zero-order chi connectivity index (χ0) is 18.6. The van der Waals surface area contributed by atoms with Gasteiger partial charge in [-0.2, -0.15) is 0 Å². The number of benzene rings is 2. The van der Waals surface area contributed by atoms with E-state index in [2.05, 4.69) is 40.8 Å². The molecular weight excluding hydrogens is 360 g/mol. The minimum absolute atomic E-state index is 0.115. The van der Waals surface area contributed by atoms with Gasteiger partial charge < -0.3 is 10.2 Å². The third-order valence-electron chi connectivity index (χ3n) is 4.81. The molecule has 0 radical (unpaired) electrons. The van der Waals surface area contributed by atoms with Crippen molar-refractivity contribution in [1.82, 2.24) is 5.32 Å². The highest BCUT2D eigenvalue weighted by Crippen LogP contribution is 2.41. The Bertz CT molecular complexity index is 932. The molecule has 136 valence electrons. The zero-order valence-corrected chi connectivity index (χ0v) is 15.4. The van der Waals surface area contributed by atoms with E-state index in [1.165, 1.54) is 5.56 Å². The summed E-state index contributed by atoms with van der Waals surface area (Å²) in [6, 6.07) is 15.6. The number of oxime groups is 1. The molecule has 0 heterocycles. The van der Waals surface area contributed by atoms with Gasteiger partial charge in [0.15, 0.2) is 6.61 Å².